The van der Waals surface area contributed by atoms with Crippen molar-refractivity contribution in [2.75, 3.05) is 7.05 Å². The quantitative estimate of drug-likeness (QED) is 0.929. The first-order valence-electron chi connectivity index (χ1n) is 6.67. The van der Waals surface area contributed by atoms with Crippen LogP contribution in [0.5, 0.6) is 0 Å². The second kappa shape index (κ2) is 5.38. The minimum atomic E-state index is 0.364. The summed E-state index contributed by atoms with van der Waals surface area (Å²) in [5.74, 6) is 1.88. The molecule has 1 N–H and O–H groups in total. The van der Waals surface area contributed by atoms with Crippen LogP contribution in [0, 0.1) is 6.92 Å². The summed E-state index contributed by atoms with van der Waals surface area (Å²) in [6.45, 7) is 2.01. The molecule has 5 nitrogen and oxygen atoms in total. The molecule has 2 heterocycles. The molecule has 2 aromatic rings. The largest absolute Gasteiger partial charge is 0.339 e. The van der Waals surface area contributed by atoms with Gasteiger partial charge in [0, 0.05) is 11.4 Å². The average molecular weight is 278 g/mol. The number of hydrogen-bond acceptors (Lipinski definition) is 6. The number of aryl methyl sites for hydroxylation is 1. The molecule has 102 valence electrons. The van der Waals surface area contributed by atoms with Gasteiger partial charge in [0.05, 0.1) is 23.0 Å². The van der Waals surface area contributed by atoms with Gasteiger partial charge in [-0.3, -0.25) is 0 Å². The first kappa shape index (κ1) is 12.7. The van der Waals surface area contributed by atoms with Crippen molar-refractivity contribution in [1.82, 2.24) is 20.4 Å². The molecule has 0 saturated heterocycles. The Morgan fingerprint density at radius 2 is 2.32 bits per heavy atom. The van der Waals surface area contributed by atoms with Gasteiger partial charge in [0.15, 0.2) is 5.82 Å². The number of rotatable bonds is 4. The Morgan fingerprint density at radius 1 is 1.42 bits per heavy atom. The molecule has 1 saturated carbocycles. The van der Waals surface area contributed by atoms with E-state index in [9.17, 15) is 0 Å². The highest BCUT2D eigenvalue weighted by molar-refractivity contribution is 7.09. The Labute approximate surface area is 116 Å². The zero-order valence-electron chi connectivity index (χ0n) is 11.2. The van der Waals surface area contributed by atoms with Gasteiger partial charge in [-0.25, -0.2) is 4.98 Å². The molecule has 3 rings (SSSR count). The second-order valence-corrected chi connectivity index (χ2v) is 6.08. The summed E-state index contributed by atoms with van der Waals surface area (Å²) in [7, 11) is 2.00. The van der Waals surface area contributed by atoms with Crippen LogP contribution in [0.3, 0.4) is 0 Å². The summed E-state index contributed by atoms with van der Waals surface area (Å²) in [5.41, 5.74) is 1.02. The number of likely N-dealkylation sites (N-methyl/N-ethyl adjacent to an activating group) is 1. The molecule has 2 atom stereocenters. The smallest absolute Gasteiger partial charge is 0.231 e. The van der Waals surface area contributed by atoms with Crippen molar-refractivity contribution in [3.63, 3.8) is 0 Å². The minimum absolute atomic E-state index is 0.364. The fourth-order valence-electron chi connectivity index (χ4n) is 2.74. The number of thiazole rings is 1. The van der Waals surface area contributed by atoms with Crippen LogP contribution in [0.25, 0.3) is 0 Å². The lowest BCUT2D eigenvalue weighted by molar-refractivity contribution is 0.332. The molecule has 0 aliphatic heterocycles. The summed E-state index contributed by atoms with van der Waals surface area (Å²) in [6.07, 6.45) is 4.19. The van der Waals surface area contributed by atoms with E-state index in [1.807, 2.05) is 14.0 Å². The molecule has 2 aromatic heterocycles. The Kier molecular flexibility index (Phi) is 3.61. The summed E-state index contributed by atoms with van der Waals surface area (Å²) in [5, 5.41) is 10.5. The van der Waals surface area contributed by atoms with Crippen molar-refractivity contribution < 1.29 is 4.52 Å². The van der Waals surface area contributed by atoms with Crippen LogP contribution >= 0.6 is 11.3 Å². The van der Waals surface area contributed by atoms with Crippen molar-refractivity contribution in [3.05, 3.63) is 27.8 Å². The van der Waals surface area contributed by atoms with Crippen molar-refractivity contribution >= 4 is 11.3 Å². The molecular formula is C13H18N4OS. The van der Waals surface area contributed by atoms with Gasteiger partial charge in [-0.2, -0.15) is 4.98 Å². The lowest BCUT2D eigenvalue weighted by atomic mass is 10.0. The normalized spacial score (nSPS) is 23.1. The molecule has 0 radical (unpaired) electrons. The Balaban J connectivity index is 1.72. The van der Waals surface area contributed by atoms with E-state index in [2.05, 4.69) is 25.8 Å². The maximum absolute atomic E-state index is 5.43. The van der Waals surface area contributed by atoms with Crippen LogP contribution in [-0.4, -0.2) is 28.2 Å². The van der Waals surface area contributed by atoms with Gasteiger partial charge in [0.2, 0.25) is 5.89 Å². The summed E-state index contributed by atoms with van der Waals surface area (Å²) < 4.78 is 5.43. The van der Waals surface area contributed by atoms with Gasteiger partial charge < -0.3 is 9.84 Å². The van der Waals surface area contributed by atoms with E-state index in [0.29, 0.717) is 18.4 Å². The van der Waals surface area contributed by atoms with Crippen molar-refractivity contribution in [1.29, 1.82) is 0 Å². The number of nitrogens with zero attached hydrogens (tertiary/aromatic N) is 3. The van der Waals surface area contributed by atoms with Crippen LogP contribution in [0.15, 0.2) is 9.90 Å². The van der Waals surface area contributed by atoms with Crippen LogP contribution in [0.4, 0.5) is 0 Å². The van der Waals surface area contributed by atoms with Crippen LogP contribution in [0.1, 0.15) is 47.6 Å². The highest BCUT2D eigenvalue weighted by Gasteiger charge is 2.31. The number of nitrogens with one attached hydrogen (secondary N) is 1. The molecule has 1 aliphatic rings. The third kappa shape index (κ3) is 2.69. The second-order valence-electron chi connectivity index (χ2n) is 5.02. The van der Waals surface area contributed by atoms with Gasteiger partial charge in [-0.15, -0.1) is 11.3 Å². The van der Waals surface area contributed by atoms with Crippen LogP contribution < -0.4 is 5.32 Å². The van der Waals surface area contributed by atoms with Gasteiger partial charge in [-0.1, -0.05) is 11.6 Å². The van der Waals surface area contributed by atoms with E-state index in [0.717, 1.165) is 28.8 Å². The zero-order valence-corrected chi connectivity index (χ0v) is 12.0. The van der Waals surface area contributed by atoms with E-state index in [-0.39, 0.29) is 0 Å². The molecule has 0 spiro atoms. The van der Waals surface area contributed by atoms with E-state index in [1.54, 1.807) is 11.3 Å². The molecule has 19 heavy (non-hydrogen) atoms. The fourth-order valence-corrected chi connectivity index (χ4v) is 3.36. The van der Waals surface area contributed by atoms with E-state index >= 15 is 0 Å². The van der Waals surface area contributed by atoms with Gasteiger partial charge in [-0.05, 0) is 26.8 Å². The van der Waals surface area contributed by atoms with E-state index in [4.69, 9.17) is 4.52 Å². The number of hydrogen-bond donors (Lipinski definition) is 1. The van der Waals surface area contributed by atoms with Gasteiger partial charge >= 0.3 is 0 Å². The monoisotopic (exact) mass is 278 g/mol. The van der Waals surface area contributed by atoms with Crippen LogP contribution in [-0.2, 0) is 6.42 Å². The minimum Gasteiger partial charge on any atom is -0.339 e. The molecule has 6 heteroatoms. The predicted molar refractivity (Wildman–Crippen MR) is 73.4 cm³/mol. The standard InChI is InChI=1S/C13H18N4OS/c1-8-15-9(7-19-8)6-12-16-13(18-17-12)10-4-3-5-11(10)14-2/h7,10-11,14H,3-6H2,1-2H3. The third-order valence-electron chi connectivity index (χ3n) is 3.69. The summed E-state index contributed by atoms with van der Waals surface area (Å²) >= 11 is 1.65. The lowest BCUT2D eigenvalue weighted by Gasteiger charge is -2.14. The van der Waals surface area contributed by atoms with Crippen molar-refractivity contribution in [3.8, 4) is 0 Å². The Morgan fingerprint density at radius 3 is 3.05 bits per heavy atom. The van der Waals surface area contributed by atoms with E-state index in [1.165, 1.54) is 12.8 Å². The van der Waals surface area contributed by atoms with Gasteiger partial charge in [0.25, 0.3) is 0 Å². The predicted octanol–water partition coefficient (Wildman–Crippen LogP) is 2.28. The third-order valence-corrected chi connectivity index (χ3v) is 4.52. The maximum atomic E-state index is 5.43. The summed E-state index contributed by atoms with van der Waals surface area (Å²) in [6, 6.07) is 0.467. The average Bonchev–Trinajstić information content (AvgIpc) is 3.10. The first-order chi connectivity index (χ1) is 9.26. The highest BCUT2D eigenvalue weighted by atomic mass is 32.1. The zero-order chi connectivity index (χ0) is 13.2. The Hall–Kier alpha value is -1.27. The molecule has 1 fully saturated rings. The van der Waals surface area contributed by atoms with E-state index < -0.39 is 0 Å². The molecular weight excluding hydrogens is 260 g/mol. The van der Waals surface area contributed by atoms with Crippen molar-refractivity contribution in [2.45, 2.75) is 44.6 Å². The topological polar surface area (TPSA) is 63.8 Å². The lowest BCUT2D eigenvalue weighted by Crippen LogP contribution is -2.27. The SMILES string of the molecule is CNC1CCCC1c1nc(Cc2csc(C)n2)no1. The maximum Gasteiger partial charge on any atom is 0.231 e. The fraction of sp³-hybridized carbons (Fsp3) is 0.615. The van der Waals surface area contributed by atoms with Crippen LogP contribution in [0.2, 0.25) is 0 Å². The molecule has 0 aromatic carbocycles. The molecule has 0 bridgehead atoms. The molecule has 1 aliphatic carbocycles. The molecule has 0 amide bonds. The van der Waals surface area contributed by atoms with Gasteiger partial charge in [0.1, 0.15) is 0 Å². The Bertz CT molecular complexity index is 550. The highest BCUT2D eigenvalue weighted by Crippen LogP contribution is 2.33. The first-order valence-corrected chi connectivity index (χ1v) is 7.55. The summed E-state index contributed by atoms with van der Waals surface area (Å²) in [4.78, 5) is 8.97. The molecule has 2 unspecified atom stereocenters. The van der Waals surface area contributed by atoms with Crippen molar-refractivity contribution in [2.24, 2.45) is 0 Å². The number of aromatic nitrogens is 3.